The lowest BCUT2D eigenvalue weighted by Gasteiger charge is -2.36. The van der Waals surface area contributed by atoms with E-state index in [1.54, 1.807) is 0 Å². The van der Waals surface area contributed by atoms with Gasteiger partial charge in [-0.3, -0.25) is 0 Å². The Hall–Kier alpha value is -1.13. The Balaban J connectivity index is 2.11. The fraction of sp³-hybridized carbons (Fsp3) is 0.643. The number of aromatic nitrogens is 1. The van der Waals surface area contributed by atoms with Crippen LogP contribution in [0.1, 0.15) is 24.0 Å². The average molecular weight is 248 g/mol. The van der Waals surface area contributed by atoms with Crippen LogP contribution in [0, 0.1) is 6.92 Å². The normalized spacial score (nSPS) is 18.0. The predicted octanol–water partition coefficient (Wildman–Crippen LogP) is 1.38. The van der Waals surface area contributed by atoms with Crippen LogP contribution < -0.4 is 10.6 Å². The summed E-state index contributed by atoms with van der Waals surface area (Å²) in [6.07, 6.45) is 4.33. The molecule has 2 heterocycles. The highest BCUT2D eigenvalue weighted by Gasteiger charge is 2.22. The molecular formula is C14H24N4. The number of hydrogen-bond donors (Lipinski definition) is 1. The topological polar surface area (TPSA) is 45.4 Å². The van der Waals surface area contributed by atoms with Crippen molar-refractivity contribution in [2.45, 2.75) is 32.4 Å². The first-order valence-electron chi connectivity index (χ1n) is 6.68. The number of aryl methyl sites for hydroxylation is 1. The lowest BCUT2D eigenvalue weighted by Crippen LogP contribution is -2.42. The van der Waals surface area contributed by atoms with E-state index >= 15 is 0 Å². The summed E-state index contributed by atoms with van der Waals surface area (Å²) in [5, 5.41) is 0. The largest absolute Gasteiger partial charge is 0.356 e. The van der Waals surface area contributed by atoms with E-state index in [4.69, 9.17) is 5.73 Å². The molecule has 18 heavy (non-hydrogen) atoms. The number of piperidine rings is 1. The molecule has 0 spiro atoms. The van der Waals surface area contributed by atoms with Gasteiger partial charge in [0.15, 0.2) is 0 Å². The fourth-order valence-electron chi connectivity index (χ4n) is 2.66. The smallest absolute Gasteiger partial charge is 0.131 e. The van der Waals surface area contributed by atoms with Crippen molar-refractivity contribution in [2.24, 2.45) is 5.73 Å². The Morgan fingerprint density at radius 3 is 2.67 bits per heavy atom. The molecule has 4 heteroatoms. The second kappa shape index (κ2) is 5.67. The molecule has 1 aliphatic rings. The average Bonchev–Trinajstić information content (AvgIpc) is 2.38. The Kier molecular flexibility index (Phi) is 4.19. The molecule has 2 N–H and O–H groups in total. The van der Waals surface area contributed by atoms with Crippen LogP contribution in [0.15, 0.2) is 12.3 Å². The van der Waals surface area contributed by atoms with Crippen LogP contribution in [0.5, 0.6) is 0 Å². The van der Waals surface area contributed by atoms with Crippen molar-refractivity contribution in [1.82, 2.24) is 9.88 Å². The van der Waals surface area contributed by atoms with Crippen LogP contribution in [0.4, 0.5) is 5.82 Å². The SMILES string of the molecule is Cc1cc(CN)cnc1N(C)C1CCN(C)CC1. The molecule has 1 fully saturated rings. The summed E-state index contributed by atoms with van der Waals surface area (Å²) in [6.45, 7) is 5.03. The van der Waals surface area contributed by atoms with Gasteiger partial charge in [0.05, 0.1) is 0 Å². The summed E-state index contributed by atoms with van der Waals surface area (Å²) in [5.41, 5.74) is 7.97. The molecule has 2 rings (SSSR count). The van der Waals surface area contributed by atoms with Gasteiger partial charge < -0.3 is 15.5 Å². The number of hydrogen-bond acceptors (Lipinski definition) is 4. The minimum Gasteiger partial charge on any atom is -0.356 e. The maximum absolute atomic E-state index is 5.64. The van der Waals surface area contributed by atoms with Gasteiger partial charge in [0, 0.05) is 25.8 Å². The van der Waals surface area contributed by atoms with Gasteiger partial charge >= 0.3 is 0 Å². The van der Waals surface area contributed by atoms with Crippen molar-refractivity contribution in [1.29, 1.82) is 0 Å². The van der Waals surface area contributed by atoms with Crippen molar-refractivity contribution in [3.8, 4) is 0 Å². The minimum absolute atomic E-state index is 0.562. The van der Waals surface area contributed by atoms with Crippen molar-refractivity contribution in [3.05, 3.63) is 23.4 Å². The lowest BCUT2D eigenvalue weighted by molar-refractivity contribution is 0.252. The predicted molar refractivity (Wildman–Crippen MR) is 75.8 cm³/mol. The fourth-order valence-corrected chi connectivity index (χ4v) is 2.66. The zero-order chi connectivity index (χ0) is 13.1. The molecule has 0 aromatic carbocycles. The molecule has 1 aromatic heterocycles. The van der Waals surface area contributed by atoms with E-state index in [0.29, 0.717) is 12.6 Å². The first-order chi connectivity index (χ1) is 8.61. The van der Waals surface area contributed by atoms with Crippen molar-refractivity contribution < 1.29 is 0 Å². The summed E-state index contributed by atoms with van der Waals surface area (Å²) in [6, 6.07) is 2.75. The van der Waals surface area contributed by atoms with E-state index in [9.17, 15) is 0 Å². The Bertz CT molecular complexity index is 397. The van der Waals surface area contributed by atoms with Crippen molar-refractivity contribution in [2.75, 3.05) is 32.1 Å². The molecule has 1 aromatic rings. The molecule has 4 nitrogen and oxygen atoms in total. The Morgan fingerprint density at radius 2 is 2.11 bits per heavy atom. The number of nitrogens with two attached hydrogens (primary N) is 1. The van der Waals surface area contributed by atoms with Gasteiger partial charge in [-0.2, -0.15) is 0 Å². The molecular weight excluding hydrogens is 224 g/mol. The molecule has 0 saturated carbocycles. The number of pyridine rings is 1. The van der Waals surface area contributed by atoms with E-state index in [0.717, 1.165) is 11.4 Å². The summed E-state index contributed by atoms with van der Waals surface area (Å²) in [4.78, 5) is 9.30. The van der Waals surface area contributed by atoms with E-state index in [1.165, 1.54) is 31.5 Å². The summed E-state index contributed by atoms with van der Waals surface area (Å²) < 4.78 is 0. The van der Waals surface area contributed by atoms with Crippen LogP contribution in [0.2, 0.25) is 0 Å². The number of rotatable bonds is 3. The van der Waals surface area contributed by atoms with Gasteiger partial charge in [-0.05, 0) is 57.1 Å². The Labute approximate surface area is 110 Å². The molecule has 0 unspecified atom stereocenters. The third-order valence-corrected chi connectivity index (χ3v) is 3.91. The van der Waals surface area contributed by atoms with Crippen LogP contribution in [0.25, 0.3) is 0 Å². The van der Waals surface area contributed by atoms with Crippen LogP contribution in [-0.2, 0) is 6.54 Å². The minimum atomic E-state index is 0.562. The van der Waals surface area contributed by atoms with Crippen molar-refractivity contribution in [3.63, 3.8) is 0 Å². The molecule has 1 aliphatic heterocycles. The third-order valence-electron chi connectivity index (χ3n) is 3.91. The van der Waals surface area contributed by atoms with E-state index in [1.807, 2.05) is 6.20 Å². The monoisotopic (exact) mass is 248 g/mol. The zero-order valence-electron chi connectivity index (χ0n) is 11.7. The number of anilines is 1. The van der Waals surface area contributed by atoms with Gasteiger partial charge in [0.1, 0.15) is 5.82 Å². The second-order valence-corrected chi connectivity index (χ2v) is 5.33. The Morgan fingerprint density at radius 1 is 1.44 bits per heavy atom. The molecule has 0 bridgehead atoms. The highest BCUT2D eigenvalue weighted by Crippen LogP contribution is 2.23. The van der Waals surface area contributed by atoms with Gasteiger partial charge in [0.2, 0.25) is 0 Å². The standard InChI is InChI=1S/C14H24N4/c1-11-8-12(9-15)10-16-14(11)18(3)13-4-6-17(2)7-5-13/h8,10,13H,4-7,9,15H2,1-3H3. The van der Waals surface area contributed by atoms with Crippen LogP contribution >= 0.6 is 0 Å². The highest BCUT2D eigenvalue weighted by atomic mass is 15.2. The molecule has 0 amide bonds. The number of likely N-dealkylation sites (tertiary alicyclic amines) is 1. The van der Waals surface area contributed by atoms with Gasteiger partial charge in [-0.1, -0.05) is 0 Å². The first-order valence-corrected chi connectivity index (χ1v) is 6.68. The van der Waals surface area contributed by atoms with Crippen LogP contribution in [0.3, 0.4) is 0 Å². The van der Waals surface area contributed by atoms with Crippen molar-refractivity contribution >= 4 is 5.82 Å². The molecule has 1 saturated heterocycles. The molecule has 100 valence electrons. The lowest BCUT2D eigenvalue weighted by atomic mass is 10.0. The second-order valence-electron chi connectivity index (χ2n) is 5.33. The maximum atomic E-state index is 5.64. The van der Waals surface area contributed by atoms with E-state index in [-0.39, 0.29) is 0 Å². The maximum Gasteiger partial charge on any atom is 0.131 e. The highest BCUT2D eigenvalue weighted by molar-refractivity contribution is 5.47. The molecule has 0 aliphatic carbocycles. The van der Waals surface area contributed by atoms with Gasteiger partial charge in [0.25, 0.3) is 0 Å². The zero-order valence-corrected chi connectivity index (χ0v) is 11.7. The van der Waals surface area contributed by atoms with Crippen LogP contribution in [-0.4, -0.2) is 43.1 Å². The molecule has 0 radical (unpaired) electrons. The van der Waals surface area contributed by atoms with Gasteiger partial charge in [-0.15, -0.1) is 0 Å². The quantitative estimate of drug-likeness (QED) is 0.878. The van der Waals surface area contributed by atoms with E-state index in [2.05, 4.69) is 41.9 Å². The number of nitrogens with zero attached hydrogens (tertiary/aromatic N) is 3. The summed E-state index contributed by atoms with van der Waals surface area (Å²) in [7, 11) is 4.35. The van der Waals surface area contributed by atoms with Gasteiger partial charge in [-0.25, -0.2) is 4.98 Å². The summed E-state index contributed by atoms with van der Waals surface area (Å²) in [5.74, 6) is 1.10. The summed E-state index contributed by atoms with van der Waals surface area (Å²) >= 11 is 0. The third kappa shape index (κ3) is 2.82. The molecule has 0 atom stereocenters. The van der Waals surface area contributed by atoms with E-state index < -0.39 is 0 Å². The first kappa shape index (κ1) is 13.3.